The number of fused-ring (bicyclic) bond motifs is 2. The molecule has 1 saturated heterocycles. The van der Waals surface area contributed by atoms with Crippen molar-refractivity contribution in [1.29, 1.82) is 0 Å². The maximum atomic E-state index is 14.0. The molecule has 0 spiro atoms. The van der Waals surface area contributed by atoms with E-state index >= 15 is 0 Å². The lowest BCUT2D eigenvalue weighted by molar-refractivity contribution is 0.0512. The number of halogens is 2. The maximum absolute atomic E-state index is 14.0. The Bertz CT molecular complexity index is 2220. The number of carbonyl (C=O) groups is 1. The van der Waals surface area contributed by atoms with Crippen molar-refractivity contribution in [2.24, 2.45) is 7.05 Å². The second kappa shape index (κ2) is 19.7. The van der Waals surface area contributed by atoms with E-state index in [1.165, 1.54) is 5.56 Å². The molecule has 7 rings (SSSR count). The summed E-state index contributed by atoms with van der Waals surface area (Å²) in [5.74, 6) is 1.89. The number of nitrogens with one attached hydrogen (secondary N) is 1. The zero-order chi connectivity index (χ0) is 38.1. The fourth-order valence-electron chi connectivity index (χ4n) is 7.96. The number of carbonyl (C=O) groups excluding carboxylic acids is 1. The average molecular weight is 844 g/mol. The Morgan fingerprint density at radius 2 is 1.70 bits per heavy atom. The lowest BCUT2D eigenvalue weighted by Crippen LogP contribution is -2.17. The van der Waals surface area contributed by atoms with Crippen molar-refractivity contribution in [2.45, 2.75) is 63.4 Å². The van der Waals surface area contributed by atoms with E-state index in [-0.39, 0.29) is 18.4 Å². The van der Waals surface area contributed by atoms with Crippen LogP contribution in [0.2, 0.25) is 0 Å². The Morgan fingerprint density at radius 3 is 2.46 bits per heavy atom. The van der Waals surface area contributed by atoms with Gasteiger partial charge in [0.25, 0.3) is 0 Å². The molecule has 56 heavy (non-hydrogen) atoms. The first kappa shape index (κ1) is 41.3. The molecule has 6 aromatic rings. The Kier molecular flexibility index (Phi) is 14.5. The predicted octanol–water partition coefficient (Wildman–Crippen LogP) is 9.78. The molecule has 0 atom stereocenters. The minimum atomic E-state index is -0.307. The topological polar surface area (TPSA) is 88.8 Å². The Hall–Kier alpha value is -4.35. The number of benzene rings is 4. The van der Waals surface area contributed by atoms with Gasteiger partial charge in [0.05, 0.1) is 24.4 Å². The van der Waals surface area contributed by atoms with Gasteiger partial charge in [-0.15, -0.1) is 12.4 Å². The number of esters is 1. The van der Waals surface area contributed by atoms with Crippen LogP contribution < -0.4 is 14.8 Å². The normalized spacial score (nSPS) is 13.2. The minimum Gasteiger partial charge on any atom is -0.493 e. The molecule has 4 aromatic carbocycles. The molecule has 3 heterocycles. The van der Waals surface area contributed by atoms with Gasteiger partial charge in [0, 0.05) is 54.0 Å². The Labute approximate surface area is 344 Å². The smallest absolute Gasteiger partial charge is 0.355 e. The number of rotatable bonds is 17. The lowest BCUT2D eigenvalue weighted by Gasteiger charge is -2.22. The molecule has 1 N–H and O–H groups in total. The van der Waals surface area contributed by atoms with Crippen LogP contribution in [0.25, 0.3) is 32.8 Å². The van der Waals surface area contributed by atoms with Crippen molar-refractivity contribution in [1.82, 2.24) is 19.7 Å². The highest BCUT2D eigenvalue weighted by atomic mass is 79.9. The molecule has 2 aromatic heterocycles. The molecule has 0 amide bonds. The summed E-state index contributed by atoms with van der Waals surface area (Å²) in [6, 6.07) is 29.3. The highest BCUT2D eigenvalue weighted by molar-refractivity contribution is 9.08. The number of alkyl halides is 1. The molecule has 1 aliphatic rings. The van der Waals surface area contributed by atoms with E-state index in [9.17, 15) is 4.79 Å². The monoisotopic (exact) mass is 842 g/mol. The molecule has 296 valence electrons. The number of para-hydroxylation sites is 1. The minimum absolute atomic E-state index is 0. The first-order valence-electron chi connectivity index (χ1n) is 19.5. The molecule has 9 nitrogen and oxygen atoms in total. The van der Waals surface area contributed by atoms with Gasteiger partial charge in [0.2, 0.25) is 0 Å². The molecule has 11 heteroatoms. The summed E-state index contributed by atoms with van der Waals surface area (Å²) in [6.45, 7) is 6.04. The summed E-state index contributed by atoms with van der Waals surface area (Å²) in [7, 11) is 3.93. The number of aromatic nitrogens is 3. The average Bonchev–Trinajstić information content (AvgIpc) is 3.72. The van der Waals surface area contributed by atoms with Gasteiger partial charge < -0.3 is 28.8 Å². The third kappa shape index (κ3) is 8.94. The number of nitrogens with zero attached hydrogens (tertiary/aromatic N) is 3. The molecule has 0 unspecified atom stereocenters. The van der Waals surface area contributed by atoms with Gasteiger partial charge in [-0.25, -0.2) is 4.79 Å². The third-order valence-electron chi connectivity index (χ3n) is 10.6. The van der Waals surface area contributed by atoms with Crippen molar-refractivity contribution >= 4 is 56.0 Å². The van der Waals surface area contributed by atoms with Crippen LogP contribution in [0, 0.1) is 0 Å². The molecule has 1 fully saturated rings. The van der Waals surface area contributed by atoms with E-state index in [1.807, 2.05) is 50.0 Å². The summed E-state index contributed by atoms with van der Waals surface area (Å²) in [5, 5.41) is 12.2. The molecule has 1 aliphatic heterocycles. The quantitative estimate of drug-likeness (QED) is 0.0556. The van der Waals surface area contributed by atoms with Crippen molar-refractivity contribution < 1.29 is 23.7 Å². The van der Waals surface area contributed by atoms with E-state index in [0.717, 1.165) is 107 Å². The van der Waals surface area contributed by atoms with Crippen molar-refractivity contribution in [2.75, 3.05) is 40.0 Å². The summed E-state index contributed by atoms with van der Waals surface area (Å²) >= 11 is 3.77. The molecular formula is C45H52BrClN4O5. The summed E-state index contributed by atoms with van der Waals surface area (Å²) < 4.78 is 28.3. The Balaban J connectivity index is 0.00000532. The van der Waals surface area contributed by atoms with Crippen molar-refractivity contribution in [3.05, 3.63) is 113 Å². The zero-order valence-electron chi connectivity index (χ0n) is 32.5. The van der Waals surface area contributed by atoms with Gasteiger partial charge in [0.15, 0.2) is 0 Å². The van der Waals surface area contributed by atoms with Crippen LogP contribution in [0.1, 0.15) is 71.5 Å². The highest BCUT2D eigenvalue weighted by Gasteiger charge is 2.28. The number of hydrogen-bond donors (Lipinski definition) is 1. The van der Waals surface area contributed by atoms with Gasteiger partial charge in [-0.3, -0.25) is 4.68 Å². The molecule has 0 radical (unpaired) electrons. The predicted molar refractivity (Wildman–Crippen MR) is 230 cm³/mol. The van der Waals surface area contributed by atoms with E-state index in [1.54, 1.807) is 0 Å². The maximum Gasteiger partial charge on any atom is 0.355 e. The van der Waals surface area contributed by atoms with Crippen LogP contribution in [0.4, 0.5) is 0 Å². The standard InChI is InChI=1S/C45H51BrN4O5.ClH/c1-4-53-45(51)44-37(16-9-26-54-41-17-7-12-33-11-5-6-13-35(33)41)36-14-8-15-38(43(36)50(44)25-10-24-47-2)42-39(48-49(3)40(42)29-46)30-55-34-20-18-31(19-21-34)32-22-27-52-28-23-32;/h5-8,11-15,17-21,32,47H,4,9-10,16,22-30H2,1-3H3;1H. The van der Waals surface area contributed by atoms with Crippen LogP contribution in [0.3, 0.4) is 0 Å². The zero-order valence-corrected chi connectivity index (χ0v) is 34.9. The van der Waals surface area contributed by atoms with Crippen LogP contribution in [0.15, 0.2) is 84.9 Å². The number of ether oxygens (including phenoxy) is 4. The van der Waals surface area contributed by atoms with E-state index in [4.69, 9.17) is 24.0 Å². The van der Waals surface area contributed by atoms with Crippen LogP contribution >= 0.6 is 28.3 Å². The van der Waals surface area contributed by atoms with Gasteiger partial charge in [0.1, 0.15) is 29.5 Å². The number of aryl methyl sites for hydroxylation is 3. The first-order chi connectivity index (χ1) is 27.0. The second-order valence-corrected chi connectivity index (χ2v) is 14.6. The van der Waals surface area contributed by atoms with E-state index in [2.05, 4.69) is 86.5 Å². The number of hydrogen-bond acceptors (Lipinski definition) is 7. The summed E-state index contributed by atoms with van der Waals surface area (Å²) in [4.78, 5) is 14.0. The van der Waals surface area contributed by atoms with E-state index in [0.29, 0.717) is 49.7 Å². The first-order valence-corrected chi connectivity index (χ1v) is 20.6. The third-order valence-corrected chi connectivity index (χ3v) is 11.2. The Morgan fingerprint density at radius 1 is 0.946 bits per heavy atom. The van der Waals surface area contributed by atoms with Crippen molar-refractivity contribution in [3.63, 3.8) is 0 Å². The lowest BCUT2D eigenvalue weighted by atomic mass is 9.92. The molecule has 0 saturated carbocycles. The van der Waals surface area contributed by atoms with Crippen molar-refractivity contribution in [3.8, 4) is 22.6 Å². The second-order valence-electron chi connectivity index (χ2n) is 14.1. The van der Waals surface area contributed by atoms with Crippen LogP contribution in [-0.4, -0.2) is 60.3 Å². The molecule has 0 bridgehead atoms. The van der Waals surface area contributed by atoms with Gasteiger partial charge >= 0.3 is 5.97 Å². The molecular weight excluding hydrogens is 792 g/mol. The summed E-state index contributed by atoms with van der Waals surface area (Å²) in [5.41, 5.74) is 7.82. The highest BCUT2D eigenvalue weighted by Crippen LogP contribution is 2.40. The fourth-order valence-corrected chi connectivity index (χ4v) is 8.61. The van der Waals surface area contributed by atoms with Gasteiger partial charge in [-0.1, -0.05) is 82.7 Å². The van der Waals surface area contributed by atoms with E-state index < -0.39 is 0 Å². The molecule has 0 aliphatic carbocycles. The van der Waals surface area contributed by atoms with Gasteiger partial charge in [-0.2, -0.15) is 5.10 Å². The summed E-state index contributed by atoms with van der Waals surface area (Å²) in [6.07, 6.45) is 4.31. The fraction of sp³-hybridized carbons (Fsp3) is 0.378. The van der Waals surface area contributed by atoms with Crippen LogP contribution in [-0.2, 0) is 41.4 Å². The van der Waals surface area contributed by atoms with Crippen LogP contribution in [0.5, 0.6) is 11.5 Å². The SMILES string of the molecule is CCOC(=O)c1c(CCCOc2cccc3ccccc23)c2cccc(-c3c(COc4ccc(C5CCOCC5)cc4)nn(C)c3CBr)c2n1CCCNC.Cl. The van der Waals surface area contributed by atoms with Gasteiger partial charge in [-0.05, 0) is 93.3 Å². The largest absolute Gasteiger partial charge is 0.493 e.